The van der Waals surface area contributed by atoms with E-state index in [1.54, 1.807) is 6.21 Å². The Balaban J connectivity index is 1.53. The van der Waals surface area contributed by atoms with Crippen molar-refractivity contribution in [2.24, 2.45) is 22.4 Å². The number of fused-ring (bicyclic) bond motifs is 1. The molecule has 0 aliphatic heterocycles. The number of benzene rings is 1. The summed E-state index contributed by atoms with van der Waals surface area (Å²) in [5.41, 5.74) is 3.89. The zero-order valence-corrected chi connectivity index (χ0v) is 13.3. The molecule has 4 nitrogen and oxygen atoms in total. The minimum Gasteiger partial charge on any atom is -0.494 e. The second-order valence-electron chi connectivity index (χ2n) is 6.57. The van der Waals surface area contributed by atoms with Gasteiger partial charge in [0.1, 0.15) is 5.75 Å². The zero-order chi connectivity index (χ0) is 15.6. The van der Waals surface area contributed by atoms with E-state index in [1.807, 2.05) is 31.2 Å². The van der Waals surface area contributed by atoms with Crippen LogP contribution in [0, 0.1) is 17.3 Å². The van der Waals surface area contributed by atoms with E-state index in [4.69, 9.17) is 4.74 Å². The summed E-state index contributed by atoms with van der Waals surface area (Å²) in [4.78, 5) is 12.3. The second kappa shape index (κ2) is 6.11. The number of ether oxygens (including phenoxy) is 1. The third-order valence-electron chi connectivity index (χ3n) is 5.19. The molecule has 118 valence electrons. The summed E-state index contributed by atoms with van der Waals surface area (Å²) in [6.45, 7) is 4.86. The minimum absolute atomic E-state index is 0.0802. The molecule has 1 N–H and O–H groups in total. The molecule has 0 saturated heterocycles. The van der Waals surface area contributed by atoms with E-state index in [2.05, 4.69) is 17.5 Å². The maximum atomic E-state index is 12.3. The highest BCUT2D eigenvalue weighted by atomic mass is 16.5. The highest BCUT2D eigenvalue weighted by Gasteiger charge is 2.64. The van der Waals surface area contributed by atoms with E-state index < -0.39 is 0 Å². The van der Waals surface area contributed by atoms with E-state index in [0.717, 1.165) is 11.3 Å². The number of rotatable bonds is 5. The number of hydrogen-bond acceptors (Lipinski definition) is 3. The summed E-state index contributed by atoms with van der Waals surface area (Å²) < 4.78 is 5.39. The fraction of sp³-hybridized carbons (Fsp3) is 0.556. The van der Waals surface area contributed by atoms with Crippen molar-refractivity contribution >= 4 is 12.1 Å². The van der Waals surface area contributed by atoms with Crippen LogP contribution < -0.4 is 10.2 Å². The number of hydrogen-bond donors (Lipinski definition) is 1. The third-order valence-corrected chi connectivity index (χ3v) is 5.19. The van der Waals surface area contributed by atoms with Gasteiger partial charge in [0.05, 0.1) is 12.8 Å². The van der Waals surface area contributed by atoms with Crippen molar-refractivity contribution in [3.05, 3.63) is 29.8 Å². The number of amides is 1. The molecule has 1 aromatic rings. The Labute approximate surface area is 131 Å². The molecule has 3 atom stereocenters. The first-order chi connectivity index (χ1) is 10.6. The summed E-state index contributed by atoms with van der Waals surface area (Å²) in [6, 6.07) is 7.67. The van der Waals surface area contributed by atoms with Crippen molar-refractivity contribution in [2.75, 3.05) is 6.61 Å². The van der Waals surface area contributed by atoms with Crippen LogP contribution in [-0.4, -0.2) is 18.7 Å². The fourth-order valence-electron chi connectivity index (χ4n) is 3.91. The summed E-state index contributed by atoms with van der Waals surface area (Å²) >= 11 is 0. The average molecular weight is 300 g/mol. The van der Waals surface area contributed by atoms with Crippen LogP contribution in [-0.2, 0) is 4.79 Å². The van der Waals surface area contributed by atoms with Crippen LogP contribution in [0.3, 0.4) is 0 Å². The topological polar surface area (TPSA) is 50.7 Å². The van der Waals surface area contributed by atoms with Gasteiger partial charge in [0, 0.05) is 5.92 Å². The zero-order valence-electron chi connectivity index (χ0n) is 13.3. The van der Waals surface area contributed by atoms with Crippen LogP contribution in [0.15, 0.2) is 29.4 Å². The van der Waals surface area contributed by atoms with Crippen molar-refractivity contribution in [3.8, 4) is 5.75 Å². The average Bonchev–Trinajstić information content (AvgIpc) is 3.15. The van der Waals surface area contributed by atoms with Gasteiger partial charge < -0.3 is 4.74 Å². The summed E-state index contributed by atoms with van der Waals surface area (Å²) in [5.74, 6) is 1.66. The van der Waals surface area contributed by atoms with Gasteiger partial charge in [-0.3, -0.25) is 4.79 Å². The van der Waals surface area contributed by atoms with Gasteiger partial charge in [0.2, 0.25) is 5.91 Å². The Hall–Kier alpha value is -1.84. The summed E-state index contributed by atoms with van der Waals surface area (Å²) in [5, 5.41) is 4.10. The number of nitrogens with one attached hydrogen (secondary N) is 1. The Bertz CT molecular complexity index is 567. The van der Waals surface area contributed by atoms with Crippen LogP contribution in [0.1, 0.15) is 45.1 Å². The molecule has 4 heteroatoms. The molecule has 0 spiro atoms. The van der Waals surface area contributed by atoms with Gasteiger partial charge in [-0.25, -0.2) is 5.43 Å². The molecule has 0 unspecified atom stereocenters. The first-order valence-electron chi connectivity index (χ1n) is 8.21. The summed E-state index contributed by atoms with van der Waals surface area (Å²) in [6.07, 6.45) is 6.57. The number of carbonyl (C=O) groups is 1. The molecular formula is C18H24N2O2. The first kappa shape index (κ1) is 15.1. The van der Waals surface area contributed by atoms with Crippen LogP contribution in [0.25, 0.3) is 0 Å². The molecule has 2 aliphatic carbocycles. The van der Waals surface area contributed by atoms with Gasteiger partial charge in [0.15, 0.2) is 0 Å². The SMILES string of the molecule is CCOc1ccc(/C=N\NC(=O)[C@@H]2[C@@H]3CCCC[C@]23C)cc1. The van der Waals surface area contributed by atoms with E-state index in [-0.39, 0.29) is 17.2 Å². The van der Waals surface area contributed by atoms with Crippen LogP contribution >= 0.6 is 0 Å². The Morgan fingerprint density at radius 1 is 1.41 bits per heavy atom. The lowest BCUT2D eigenvalue weighted by Crippen LogP contribution is -2.22. The Morgan fingerprint density at radius 3 is 2.82 bits per heavy atom. The molecule has 2 fully saturated rings. The number of carbonyl (C=O) groups excluding carboxylic acids is 1. The smallest absolute Gasteiger partial charge is 0.244 e. The quantitative estimate of drug-likeness (QED) is 0.669. The highest BCUT2D eigenvalue weighted by molar-refractivity contribution is 5.85. The molecule has 1 aromatic carbocycles. The van der Waals surface area contributed by atoms with Crippen molar-refractivity contribution in [3.63, 3.8) is 0 Å². The Morgan fingerprint density at radius 2 is 2.18 bits per heavy atom. The lowest BCUT2D eigenvalue weighted by molar-refractivity contribution is -0.123. The maximum Gasteiger partial charge on any atom is 0.244 e. The largest absolute Gasteiger partial charge is 0.494 e. The second-order valence-corrected chi connectivity index (χ2v) is 6.57. The molecule has 0 heterocycles. The number of nitrogens with zero attached hydrogens (tertiary/aromatic N) is 1. The molecular weight excluding hydrogens is 276 g/mol. The molecule has 0 aromatic heterocycles. The van der Waals surface area contributed by atoms with Crippen LogP contribution in [0.5, 0.6) is 5.75 Å². The molecule has 0 radical (unpaired) electrons. The van der Waals surface area contributed by atoms with E-state index in [9.17, 15) is 4.79 Å². The predicted octanol–water partition coefficient (Wildman–Crippen LogP) is 3.36. The fourth-order valence-corrected chi connectivity index (χ4v) is 3.91. The van der Waals surface area contributed by atoms with Crippen molar-refractivity contribution in [1.82, 2.24) is 5.43 Å². The van der Waals surface area contributed by atoms with Crippen molar-refractivity contribution < 1.29 is 9.53 Å². The van der Waals surface area contributed by atoms with Gasteiger partial charge in [-0.2, -0.15) is 5.10 Å². The van der Waals surface area contributed by atoms with E-state index in [1.165, 1.54) is 25.7 Å². The normalized spacial score (nSPS) is 29.9. The molecule has 1 amide bonds. The third kappa shape index (κ3) is 2.87. The van der Waals surface area contributed by atoms with Gasteiger partial charge >= 0.3 is 0 Å². The van der Waals surface area contributed by atoms with Crippen molar-refractivity contribution in [1.29, 1.82) is 0 Å². The van der Waals surface area contributed by atoms with Crippen LogP contribution in [0.2, 0.25) is 0 Å². The molecule has 3 rings (SSSR count). The standard InChI is InChI=1S/C18H24N2O2/c1-3-22-14-9-7-13(8-10-14)12-19-20-17(21)16-15-6-4-5-11-18(15,16)2/h7-10,12,15-16H,3-6,11H2,1-2H3,(H,20,21)/b19-12-/t15-,16-,18-/m0/s1. The van der Waals surface area contributed by atoms with Gasteiger partial charge in [-0.1, -0.05) is 19.8 Å². The van der Waals surface area contributed by atoms with Crippen LogP contribution in [0.4, 0.5) is 0 Å². The van der Waals surface area contributed by atoms with Gasteiger partial charge in [-0.15, -0.1) is 0 Å². The van der Waals surface area contributed by atoms with E-state index in [0.29, 0.717) is 12.5 Å². The molecule has 2 aliphatic rings. The monoisotopic (exact) mass is 300 g/mol. The van der Waals surface area contributed by atoms with E-state index >= 15 is 0 Å². The van der Waals surface area contributed by atoms with Gasteiger partial charge in [0.25, 0.3) is 0 Å². The summed E-state index contributed by atoms with van der Waals surface area (Å²) in [7, 11) is 0. The molecule has 0 bridgehead atoms. The predicted molar refractivity (Wildman–Crippen MR) is 86.9 cm³/mol. The maximum absolute atomic E-state index is 12.3. The molecule has 2 saturated carbocycles. The van der Waals surface area contributed by atoms with Crippen molar-refractivity contribution in [2.45, 2.75) is 39.5 Å². The number of hydrazone groups is 1. The lowest BCUT2D eigenvalue weighted by Gasteiger charge is -2.15. The minimum atomic E-state index is 0.0802. The first-order valence-corrected chi connectivity index (χ1v) is 8.21. The van der Waals surface area contributed by atoms with Gasteiger partial charge in [-0.05, 0) is 60.9 Å². The lowest BCUT2D eigenvalue weighted by atomic mass is 9.90. The molecule has 22 heavy (non-hydrogen) atoms. The Kier molecular flexibility index (Phi) is 4.19. The highest BCUT2D eigenvalue weighted by Crippen LogP contribution is 2.66.